The minimum Gasteiger partial charge on any atom is -0.429 e. The zero-order valence-electron chi connectivity index (χ0n) is 13.4. The molecule has 0 spiro atoms. The molecule has 2 rings (SSSR count). The number of carbonyl (C=O) groups excluding carboxylic acids is 1. The molecular formula is C14H19BNO7PS. The maximum Gasteiger partial charge on any atom is 0.509 e. The van der Waals surface area contributed by atoms with E-state index < -0.39 is 13.0 Å². The van der Waals surface area contributed by atoms with Gasteiger partial charge < -0.3 is 24.8 Å². The molecule has 0 bridgehead atoms. The van der Waals surface area contributed by atoms with Crippen molar-refractivity contribution in [2.75, 3.05) is 18.3 Å². The van der Waals surface area contributed by atoms with E-state index in [9.17, 15) is 14.3 Å². The third kappa shape index (κ3) is 7.71. The average molecular weight is 387 g/mol. The second-order valence-electron chi connectivity index (χ2n) is 5.31. The van der Waals surface area contributed by atoms with Gasteiger partial charge in [-0.3, -0.25) is 4.52 Å². The lowest BCUT2D eigenvalue weighted by molar-refractivity contribution is 0.0491. The number of benzene rings is 1. The van der Waals surface area contributed by atoms with Crippen LogP contribution in [0.5, 0.6) is 0 Å². The molecule has 8 nitrogen and oxygen atoms in total. The van der Waals surface area contributed by atoms with E-state index in [4.69, 9.17) is 32.3 Å². The topological polar surface area (TPSA) is 117 Å². The molecule has 1 aliphatic rings. The van der Waals surface area contributed by atoms with Gasteiger partial charge in [-0.05, 0) is 30.5 Å². The predicted octanol–water partition coefficient (Wildman–Crippen LogP) is 2.40. The number of ether oxygens (including phenoxy) is 3. The Morgan fingerprint density at radius 3 is 2.72 bits per heavy atom. The summed E-state index contributed by atoms with van der Waals surface area (Å²) in [5, 5.41) is 0. The molecule has 3 atom stereocenters. The van der Waals surface area contributed by atoms with Crippen LogP contribution in [-0.4, -0.2) is 43.5 Å². The van der Waals surface area contributed by atoms with Gasteiger partial charge in [-0.15, -0.1) is 0 Å². The monoisotopic (exact) mass is 387 g/mol. The van der Waals surface area contributed by atoms with Crippen LogP contribution in [0, 0.1) is 0 Å². The van der Waals surface area contributed by atoms with E-state index >= 15 is 0 Å². The summed E-state index contributed by atoms with van der Waals surface area (Å²) in [5.74, 6) is -0.376. The van der Waals surface area contributed by atoms with Crippen molar-refractivity contribution in [2.45, 2.75) is 31.6 Å². The van der Waals surface area contributed by atoms with Crippen LogP contribution in [0.25, 0.3) is 0 Å². The molecule has 25 heavy (non-hydrogen) atoms. The summed E-state index contributed by atoms with van der Waals surface area (Å²) in [7, 11) is 5.56. The summed E-state index contributed by atoms with van der Waals surface area (Å²) in [6, 6.07) is 6.42. The van der Waals surface area contributed by atoms with Crippen molar-refractivity contribution in [3.8, 4) is 0 Å². The second-order valence-corrected chi connectivity index (χ2v) is 9.16. The fourth-order valence-corrected chi connectivity index (χ4v) is 3.68. The van der Waals surface area contributed by atoms with Crippen molar-refractivity contribution in [3.05, 3.63) is 29.8 Å². The van der Waals surface area contributed by atoms with Gasteiger partial charge in [0.05, 0.1) is 12.7 Å². The number of nitrogens with two attached hydrogens (primary N) is 1. The molecule has 0 aliphatic carbocycles. The fourth-order valence-electron chi connectivity index (χ4n) is 2.01. The summed E-state index contributed by atoms with van der Waals surface area (Å²) in [6.07, 6.45) is 0.0934. The van der Waals surface area contributed by atoms with E-state index in [1.54, 1.807) is 24.3 Å². The van der Waals surface area contributed by atoms with E-state index in [-0.39, 0.29) is 31.3 Å². The molecule has 1 aromatic carbocycles. The third-order valence-electron chi connectivity index (χ3n) is 3.29. The highest BCUT2D eigenvalue weighted by molar-refractivity contribution is 8.54. The van der Waals surface area contributed by atoms with Gasteiger partial charge in [0, 0.05) is 23.1 Å². The first kappa shape index (κ1) is 20.1. The van der Waals surface area contributed by atoms with Crippen molar-refractivity contribution in [1.82, 2.24) is 0 Å². The van der Waals surface area contributed by atoms with Crippen LogP contribution in [0.2, 0.25) is 0 Å². The maximum absolute atomic E-state index is 11.8. The largest absolute Gasteiger partial charge is 0.509 e. The molecule has 136 valence electrons. The second kappa shape index (κ2) is 9.50. The number of rotatable bonds is 8. The predicted molar refractivity (Wildman–Crippen MR) is 94.0 cm³/mol. The minimum absolute atomic E-state index is 0.0103. The Kier molecular flexibility index (Phi) is 7.65. The van der Waals surface area contributed by atoms with Gasteiger partial charge in [0.2, 0.25) is 0 Å². The SMILES string of the molecule is [B][C@H]1CC[C@@H](COP(=O)(O)SCOC(=O)OCc2ccc(N)cc2)O1. The smallest absolute Gasteiger partial charge is 0.429 e. The molecule has 2 radical (unpaired) electrons. The molecule has 1 heterocycles. The fraction of sp³-hybridized carbons (Fsp3) is 0.500. The third-order valence-corrected chi connectivity index (χ3v) is 5.93. The van der Waals surface area contributed by atoms with E-state index in [0.717, 1.165) is 5.56 Å². The Morgan fingerprint density at radius 1 is 1.36 bits per heavy atom. The van der Waals surface area contributed by atoms with Crippen LogP contribution in [0.3, 0.4) is 0 Å². The van der Waals surface area contributed by atoms with Crippen LogP contribution in [0.1, 0.15) is 18.4 Å². The minimum atomic E-state index is -3.95. The van der Waals surface area contributed by atoms with E-state index in [1.165, 1.54) is 0 Å². The van der Waals surface area contributed by atoms with Gasteiger partial charge in [0.1, 0.15) is 14.5 Å². The van der Waals surface area contributed by atoms with Crippen LogP contribution >= 0.6 is 18.2 Å². The molecule has 3 N–H and O–H groups in total. The van der Waals surface area contributed by atoms with E-state index in [2.05, 4.69) is 0 Å². The standard InChI is InChI=1S/C14H19BNO7PS/c15-13-6-5-12(23-13)8-22-24(18,19)25-9-21-14(17)20-7-10-1-3-11(16)4-2-10/h1-4,12-13H,5-9,16H2,(H,18,19)/t12-,13+/m0/s1. The summed E-state index contributed by atoms with van der Waals surface area (Å²) < 4.78 is 31.6. The number of nitrogen functional groups attached to an aromatic ring is 1. The first-order valence-corrected chi connectivity index (χ1v) is 10.7. The van der Waals surface area contributed by atoms with Gasteiger partial charge in [-0.25, -0.2) is 9.36 Å². The van der Waals surface area contributed by atoms with E-state index in [1.807, 2.05) is 0 Å². The molecule has 1 saturated heterocycles. The number of anilines is 1. The van der Waals surface area contributed by atoms with Crippen LogP contribution in [0.4, 0.5) is 10.5 Å². The molecule has 0 saturated carbocycles. The van der Waals surface area contributed by atoms with Gasteiger partial charge in [0.25, 0.3) is 0 Å². The molecular weight excluding hydrogens is 368 g/mol. The van der Waals surface area contributed by atoms with Crippen LogP contribution in [-0.2, 0) is 29.9 Å². The summed E-state index contributed by atoms with van der Waals surface area (Å²) in [6.45, 7) is -3.99. The first-order chi connectivity index (χ1) is 11.8. The quantitative estimate of drug-likeness (QED) is 0.228. The van der Waals surface area contributed by atoms with Crippen LogP contribution in [0.15, 0.2) is 24.3 Å². The van der Waals surface area contributed by atoms with Gasteiger partial charge in [0.15, 0.2) is 5.94 Å². The highest BCUT2D eigenvalue weighted by Gasteiger charge is 2.27. The van der Waals surface area contributed by atoms with Crippen molar-refractivity contribution in [2.24, 2.45) is 0 Å². The van der Waals surface area contributed by atoms with E-state index in [0.29, 0.717) is 29.9 Å². The Bertz CT molecular complexity index is 618. The molecule has 0 aromatic heterocycles. The molecule has 1 aliphatic heterocycles. The Labute approximate surface area is 151 Å². The van der Waals surface area contributed by atoms with Gasteiger partial charge in [-0.1, -0.05) is 12.1 Å². The summed E-state index contributed by atoms with van der Waals surface area (Å²) >= 11 is 0.477. The Hall–Kier alpha value is -1.19. The lowest BCUT2D eigenvalue weighted by atomic mass is 9.97. The molecule has 1 unspecified atom stereocenters. The van der Waals surface area contributed by atoms with Crippen molar-refractivity contribution >= 4 is 37.9 Å². The lowest BCUT2D eigenvalue weighted by Crippen LogP contribution is -2.16. The van der Waals surface area contributed by atoms with Crippen molar-refractivity contribution in [1.29, 1.82) is 0 Å². The number of hydrogen-bond donors (Lipinski definition) is 2. The average Bonchev–Trinajstić information content (AvgIpc) is 2.98. The Balaban J connectivity index is 1.60. The summed E-state index contributed by atoms with van der Waals surface area (Å²) in [4.78, 5) is 21.1. The van der Waals surface area contributed by atoms with Gasteiger partial charge >= 0.3 is 13.0 Å². The molecule has 1 aromatic rings. The number of carbonyl (C=O) groups is 1. The zero-order valence-corrected chi connectivity index (χ0v) is 15.1. The molecule has 11 heteroatoms. The highest BCUT2D eigenvalue weighted by Crippen LogP contribution is 2.55. The molecule has 0 amide bonds. The Morgan fingerprint density at radius 2 is 2.08 bits per heavy atom. The van der Waals surface area contributed by atoms with Crippen molar-refractivity contribution in [3.63, 3.8) is 0 Å². The number of hydrogen-bond acceptors (Lipinski definition) is 8. The highest BCUT2D eigenvalue weighted by atomic mass is 32.7. The molecule has 1 fully saturated rings. The normalized spacial score (nSPS) is 22.3. The van der Waals surface area contributed by atoms with Crippen molar-refractivity contribution < 1.29 is 33.0 Å². The first-order valence-electron chi connectivity index (χ1n) is 7.51. The maximum atomic E-state index is 11.8. The van der Waals surface area contributed by atoms with Gasteiger partial charge in [-0.2, -0.15) is 0 Å². The van der Waals surface area contributed by atoms with Crippen LogP contribution < -0.4 is 5.73 Å². The lowest BCUT2D eigenvalue weighted by Gasteiger charge is -2.15. The zero-order chi connectivity index (χ0) is 18.3. The summed E-state index contributed by atoms with van der Waals surface area (Å²) in [5.41, 5.74) is 6.89.